The number of hydrogen-bond donors (Lipinski definition) is 0. The number of aryl methyl sites for hydroxylation is 2. The standard InChI is InChI=1S/C42H38N3O/c1-25(2)32-23-30(28-14-8-7-9-15-28)24-33(26(3)4)39(32)45-37-19-13-12-18-36(37)44(6)42(45)38-27(5)20-21-31-34-22-29-16-10-11-17-35(29)43-41(34)46-40(31)38/h7-26H,1-6H3/q+1. The van der Waals surface area contributed by atoms with Crippen molar-refractivity contribution in [2.75, 3.05) is 0 Å². The van der Waals surface area contributed by atoms with Crippen LogP contribution < -0.4 is 4.57 Å². The second-order valence-corrected chi connectivity index (χ2v) is 13.2. The van der Waals surface area contributed by atoms with Gasteiger partial charge in [0.2, 0.25) is 5.71 Å². The topological polar surface area (TPSA) is 34.8 Å². The largest absolute Gasteiger partial charge is 0.437 e. The number of nitrogens with zero attached hydrogens (tertiary/aromatic N) is 3. The van der Waals surface area contributed by atoms with Gasteiger partial charge in [-0.25, -0.2) is 9.55 Å². The zero-order valence-electron chi connectivity index (χ0n) is 27.3. The first-order valence-electron chi connectivity index (χ1n) is 16.3. The Labute approximate surface area is 269 Å². The van der Waals surface area contributed by atoms with Gasteiger partial charge in [0.1, 0.15) is 11.3 Å². The minimum Gasteiger partial charge on any atom is -0.437 e. The lowest BCUT2D eigenvalue weighted by atomic mass is 9.88. The van der Waals surface area contributed by atoms with Gasteiger partial charge in [0.05, 0.1) is 12.6 Å². The van der Waals surface area contributed by atoms with Gasteiger partial charge in [-0.3, -0.25) is 0 Å². The van der Waals surface area contributed by atoms with Gasteiger partial charge in [0.15, 0.2) is 16.6 Å². The number of fused-ring (bicyclic) bond motifs is 5. The molecule has 226 valence electrons. The van der Waals surface area contributed by atoms with Gasteiger partial charge in [-0.1, -0.05) is 100 Å². The Kier molecular flexibility index (Phi) is 6.57. The summed E-state index contributed by atoms with van der Waals surface area (Å²) >= 11 is 0. The van der Waals surface area contributed by atoms with Crippen LogP contribution in [-0.2, 0) is 7.05 Å². The average Bonchev–Trinajstić information content (AvgIpc) is 3.57. The molecule has 0 radical (unpaired) electrons. The predicted molar refractivity (Wildman–Crippen MR) is 191 cm³/mol. The number of furan rings is 1. The van der Waals surface area contributed by atoms with Crippen LogP contribution in [0, 0.1) is 6.92 Å². The summed E-state index contributed by atoms with van der Waals surface area (Å²) in [5, 5.41) is 3.23. The third kappa shape index (κ3) is 4.28. The minimum absolute atomic E-state index is 0.301. The lowest BCUT2D eigenvalue weighted by molar-refractivity contribution is -0.633. The molecule has 3 heterocycles. The second kappa shape index (κ2) is 10.7. The monoisotopic (exact) mass is 600 g/mol. The Morgan fingerprint density at radius 2 is 1.37 bits per heavy atom. The smallest absolute Gasteiger partial charge is 0.299 e. The van der Waals surface area contributed by atoms with Crippen molar-refractivity contribution in [3.05, 3.63) is 126 Å². The van der Waals surface area contributed by atoms with Gasteiger partial charge in [0, 0.05) is 27.3 Å². The van der Waals surface area contributed by atoms with E-state index in [2.05, 4.69) is 148 Å². The number of hydrogen-bond acceptors (Lipinski definition) is 2. The number of rotatable bonds is 5. The Bertz CT molecular complexity index is 2410. The van der Waals surface area contributed by atoms with Gasteiger partial charge >= 0.3 is 0 Å². The maximum Gasteiger partial charge on any atom is 0.299 e. The van der Waals surface area contributed by atoms with Gasteiger partial charge in [-0.15, -0.1) is 0 Å². The molecule has 0 aliphatic heterocycles. The van der Waals surface area contributed by atoms with Crippen LogP contribution in [0.3, 0.4) is 0 Å². The summed E-state index contributed by atoms with van der Waals surface area (Å²) < 4.78 is 11.6. The van der Waals surface area contributed by atoms with E-state index in [1.807, 2.05) is 12.1 Å². The van der Waals surface area contributed by atoms with Crippen molar-refractivity contribution in [3.63, 3.8) is 0 Å². The van der Waals surface area contributed by atoms with E-state index < -0.39 is 0 Å². The first-order chi connectivity index (χ1) is 22.3. The van der Waals surface area contributed by atoms with Crippen molar-refractivity contribution in [2.45, 2.75) is 46.5 Å². The summed E-state index contributed by atoms with van der Waals surface area (Å²) in [6.45, 7) is 11.4. The van der Waals surface area contributed by atoms with Crippen LogP contribution >= 0.6 is 0 Å². The molecule has 0 aliphatic carbocycles. The van der Waals surface area contributed by atoms with Crippen LogP contribution in [0.1, 0.15) is 56.2 Å². The maximum absolute atomic E-state index is 6.76. The predicted octanol–water partition coefficient (Wildman–Crippen LogP) is 10.8. The van der Waals surface area contributed by atoms with E-state index in [1.165, 1.54) is 39.0 Å². The summed E-state index contributed by atoms with van der Waals surface area (Å²) in [6, 6.07) is 39.2. The number of para-hydroxylation sites is 3. The summed E-state index contributed by atoms with van der Waals surface area (Å²) in [5.74, 6) is 1.70. The van der Waals surface area contributed by atoms with Crippen LogP contribution in [-0.4, -0.2) is 9.55 Å². The fourth-order valence-electron chi connectivity index (χ4n) is 7.18. The van der Waals surface area contributed by atoms with Crippen molar-refractivity contribution in [1.82, 2.24) is 9.55 Å². The van der Waals surface area contributed by atoms with Crippen LogP contribution in [0.4, 0.5) is 0 Å². The van der Waals surface area contributed by atoms with E-state index in [9.17, 15) is 0 Å². The third-order valence-corrected chi connectivity index (χ3v) is 9.52. The molecule has 0 fully saturated rings. The van der Waals surface area contributed by atoms with Crippen molar-refractivity contribution in [3.8, 4) is 28.2 Å². The molecule has 4 heteroatoms. The Morgan fingerprint density at radius 3 is 2.11 bits per heavy atom. The van der Waals surface area contributed by atoms with Crippen molar-refractivity contribution in [1.29, 1.82) is 0 Å². The van der Waals surface area contributed by atoms with E-state index in [4.69, 9.17) is 9.40 Å². The fraction of sp³-hybridized carbons (Fsp3) is 0.190. The Balaban J connectivity index is 1.51. The lowest BCUT2D eigenvalue weighted by Crippen LogP contribution is -2.30. The van der Waals surface area contributed by atoms with E-state index in [-0.39, 0.29) is 0 Å². The molecule has 8 aromatic rings. The molecule has 46 heavy (non-hydrogen) atoms. The summed E-state index contributed by atoms with van der Waals surface area (Å²) in [6.07, 6.45) is 0. The third-order valence-electron chi connectivity index (χ3n) is 9.52. The molecular formula is C42H38N3O+. The zero-order chi connectivity index (χ0) is 31.7. The van der Waals surface area contributed by atoms with Crippen LogP contribution in [0.2, 0.25) is 0 Å². The van der Waals surface area contributed by atoms with Gasteiger partial charge < -0.3 is 4.42 Å². The van der Waals surface area contributed by atoms with Crippen LogP contribution in [0.25, 0.3) is 72.2 Å². The van der Waals surface area contributed by atoms with Gasteiger partial charge in [-0.2, -0.15) is 4.57 Å². The summed E-state index contributed by atoms with van der Waals surface area (Å²) in [5.41, 5.74) is 13.5. The fourth-order valence-corrected chi connectivity index (χ4v) is 7.18. The minimum atomic E-state index is 0.301. The maximum atomic E-state index is 6.76. The quantitative estimate of drug-likeness (QED) is 0.184. The molecule has 0 saturated heterocycles. The number of aromatic nitrogens is 3. The molecule has 3 aromatic heterocycles. The summed E-state index contributed by atoms with van der Waals surface area (Å²) in [7, 11) is 2.18. The highest BCUT2D eigenvalue weighted by Gasteiger charge is 2.34. The van der Waals surface area contributed by atoms with Gasteiger partial charge in [-0.05, 0) is 71.8 Å². The first kappa shape index (κ1) is 28.3. The number of benzene rings is 5. The Morgan fingerprint density at radius 1 is 0.696 bits per heavy atom. The van der Waals surface area contributed by atoms with E-state index >= 15 is 0 Å². The SMILES string of the molecule is Cc1ccc2c(oc3nc4ccccc4cc32)c1-c1n(-c2c(C(C)C)cc(-c3ccccc3)cc2C(C)C)c2ccccc2[n+]1C. The summed E-state index contributed by atoms with van der Waals surface area (Å²) in [4.78, 5) is 4.96. The van der Waals surface area contributed by atoms with E-state index in [0.717, 1.165) is 44.2 Å². The molecule has 4 nitrogen and oxygen atoms in total. The highest BCUT2D eigenvalue weighted by molar-refractivity contribution is 6.11. The molecule has 0 N–H and O–H groups in total. The molecule has 0 aliphatic rings. The Hall–Kier alpha value is -5.22. The molecule has 0 atom stereocenters. The molecular weight excluding hydrogens is 562 g/mol. The van der Waals surface area contributed by atoms with Gasteiger partial charge in [0.25, 0.3) is 5.82 Å². The molecule has 8 rings (SSSR count). The average molecular weight is 601 g/mol. The number of pyridine rings is 1. The highest BCUT2D eigenvalue weighted by atomic mass is 16.3. The van der Waals surface area contributed by atoms with Crippen LogP contribution in [0.5, 0.6) is 0 Å². The lowest BCUT2D eigenvalue weighted by Gasteiger charge is -2.21. The zero-order valence-corrected chi connectivity index (χ0v) is 27.3. The molecule has 0 unspecified atom stereocenters. The van der Waals surface area contributed by atoms with Crippen molar-refractivity contribution >= 4 is 44.0 Å². The molecule has 0 spiro atoms. The highest BCUT2D eigenvalue weighted by Crippen LogP contribution is 2.43. The molecule has 0 bridgehead atoms. The van der Waals surface area contributed by atoms with Crippen LogP contribution in [0.15, 0.2) is 114 Å². The molecule has 0 saturated carbocycles. The van der Waals surface area contributed by atoms with Crippen molar-refractivity contribution in [2.24, 2.45) is 7.05 Å². The van der Waals surface area contributed by atoms with Crippen molar-refractivity contribution < 1.29 is 8.98 Å². The van der Waals surface area contributed by atoms with E-state index in [0.29, 0.717) is 17.5 Å². The first-order valence-corrected chi connectivity index (χ1v) is 16.3. The number of imidazole rings is 1. The normalized spacial score (nSPS) is 12.1. The van der Waals surface area contributed by atoms with E-state index in [1.54, 1.807) is 0 Å². The second-order valence-electron chi connectivity index (χ2n) is 13.2. The molecule has 0 amide bonds. The molecule has 5 aromatic carbocycles.